The Balaban J connectivity index is 2.11. The lowest BCUT2D eigenvalue weighted by molar-refractivity contribution is 0.0730. The van der Waals surface area contributed by atoms with Crippen LogP contribution in [0.2, 0.25) is 0 Å². The standard InChI is InChI=1S/C14H19NO3/c1-10(2)18-14(17)15-6-5-12-4-3-11(9-16)7-13(12)8-15/h3-4,7,10,16H,5-6,8-9H2,1-2H3. The largest absolute Gasteiger partial charge is 0.447 e. The Kier molecular flexibility index (Phi) is 3.87. The fourth-order valence-electron chi connectivity index (χ4n) is 2.14. The number of aliphatic hydroxyl groups is 1. The first kappa shape index (κ1) is 12.9. The minimum atomic E-state index is -0.259. The molecule has 18 heavy (non-hydrogen) atoms. The zero-order valence-electron chi connectivity index (χ0n) is 10.8. The average Bonchev–Trinajstić information content (AvgIpc) is 2.36. The van der Waals surface area contributed by atoms with E-state index in [0.29, 0.717) is 13.1 Å². The van der Waals surface area contributed by atoms with E-state index in [4.69, 9.17) is 9.84 Å². The van der Waals surface area contributed by atoms with Crippen LogP contribution < -0.4 is 0 Å². The van der Waals surface area contributed by atoms with Crippen LogP contribution in [-0.4, -0.2) is 28.7 Å². The first-order valence-electron chi connectivity index (χ1n) is 6.27. The molecule has 98 valence electrons. The summed E-state index contributed by atoms with van der Waals surface area (Å²) >= 11 is 0. The summed E-state index contributed by atoms with van der Waals surface area (Å²) < 4.78 is 5.20. The van der Waals surface area contributed by atoms with Gasteiger partial charge in [-0.1, -0.05) is 18.2 Å². The third-order valence-corrected chi connectivity index (χ3v) is 3.06. The number of ether oxygens (including phenoxy) is 1. The van der Waals surface area contributed by atoms with Crippen molar-refractivity contribution in [2.45, 2.75) is 39.5 Å². The summed E-state index contributed by atoms with van der Waals surface area (Å²) in [7, 11) is 0. The van der Waals surface area contributed by atoms with Crippen molar-refractivity contribution in [2.24, 2.45) is 0 Å². The first-order chi connectivity index (χ1) is 8.60. The summed E-state index contributed by atoms with van der Waals surface area (Å²) in [4.78, 5) is 13.5. The fourth-order valence-corrected chi connectivity index (χ4v) is 2.14. The van der Waals surface area contributed by atoms with E-state index in [1.807, 2.05) is 32.0 Å². The van der Waals surface area contributed by atoms with Gasteiger partial charge >= 0.3 is 6.09 Å². The van der Waals surface area contributed by atoms with Crippen molar-refractivity contribution < 1.29 is 14.6 Å². The van der Waals surface area contributed by atoms with Crippen LogP contribution in [0.25, 0.3) is 0 Å². The number of aliphatic hydroxyl groups excluding tert-OH is 1. The molecule has 2 rings (SSSR count). The molecule has 0 aliphatic carbocycles. The van der Waals surface area contributed by atoms with Gasteiger partial charge in [-0.05, 0) is 37.0 Å². The summed E-state index contributed by atoms with van der Waals surface area (Å²) in [5, 5.41) is 9.13. The third kappa shape index (κ3) is 2.82. The molecule has 0 bridgehead atoms. The highest BCUT2D eigenvalue weighted by Gasteiger charge is 2.22. The number of carbonyl (C=O) groups excluding carboxylic acids is 1. The second kappa shape index (κ2) is 5.40. The maximum absolute atomic E-state index is 11.8. The number of carbonyl (C=O) groups is 1. The Bertz CT molecular complexity index is 443. The van der Waals surface area contributed by atoms with Gasteiger partial charge in [0.2, 0.25) is 0 Å². The van der Waals surface area contributed by atoms with E-state index in [1.54, 1.807) is 4.90 Å². The number of fused-ring (bicyclic) bond motifs is 1. The van der Waals surface area contributed by atoms with Gasteiger partial charge in [-0.3, -0.25) is 0 Å². The Morgan fingerprint density at radius 2 is 2.22 bits per heavy atom. The molecule has 1 amide bonds. The predicted molar refractivity (Wildman–Crippen MR) is 68.1 cm³/mol. The molecule has 1 N–H and O–H groups in total. The van der Waals surface area contributed by atoms with Crippen LogP contribution in [0.15, 0.2) is 18.2 Å². The molecule has 0 aromatic heterocycles. The van der Waals surface area contributed by atoms with Crippen molar-refractivity contribution in [1.29, 1.82) is 0 Å². The molecule has 4 nitrogen and oxygen atoms in total. The third-order valence-electron chi connectivity index (χ3n) is 3.06. The number of benzene rings is 1. The summed E-state index contributed by atoms with van der Waals surface area (Å²) in [6.45, 7) is 4.98. The lowest BCUT2D eigenvalue weighted by Crippen LogP contribution is -2.37. The monoisotopic (exact) mass is 249 g/mol. The van der Waals surface area contributed by atoms with Gasteiger partial charge in [-0.2, -0.15) is 0 Å². The van der Waals surface area contributed by atoms with Gasteiger partial charge < -0.3 is 14.7 Å². The Morgan fingerprint density at radius 1 is 1.44 bits per heavy atom. The number of hydrogen-bond acceptors (Lipinski definition) is 3. The lowest BCUT2D eigenvalue weighted by atomic mass is 9.98. The fraction of sp³-hybridized carbons (Fsp3) is 0.500. The normalized spacial score (nSPS) is 14.6. The molecule has 1 aromatic rings. The topological polar surface area (TPSA) is 49.8 Å². The van der Waals surface area contributed by atoms with Crippen molar-refractivity contribution in [3.63, 3.8) is 0 Å². The summed E-state index contributed by atoms with van der Waals surface area (Å²) in [5.74, 6) is 0. The SMILES string of the molecule is CC(C)OC(=O)N1CCc2ccc(CO)cc2C1. The van der Waals surface area contributed by atoms with Crippen molar-refractivity contribution in [2.75, 3.05) is 6.54 Å². The summed E-state index contributed by atoms with van der Waals surface area (Å²) in [6.07, 6.45) is 0.488. The number of amides is 1. The van der Waals surface area contributed by atoms with Crippen molar-refractivity contribution in [3.05, 3.63) is 34.9 Å². The molecule has 0 fully saturated rings. The van der Waals surface area contributed by atoms with Crippen LogP contribution in [0, 0.1) is 0 Å². The summed E-state index contributed by atoms with van der Waals surface area (Å²) in [6, 6.07) is 5.93. The molecule has 1 aromatic carbocycles. The molecule has 0 unspecified atom stereocenters. The first-order valence-corrected chi connectivity index (χ1v) is 6.27. The van der Waals surface area contributed by atoms with E-state index in [0.717, 1.165) is 17.5 Å². The van der Waals surface area contributed by atoms with E-state index in [2.05, 4.69) is 0 Å². The van der Waals surface area contributed by atoms with Gasteiger partial charge in [0, 0.05) is 13.1 Å². The lowest BCUT2D eigenvalue weighted by Gasteiger charge is -2.29. The highest BCUT2D eigenvalue weighted by Crippen LogP contribution is 2.21. The Labute approximate surface area is 107 Å². The smallest absolute Gasteiger partial charge is 0.410 e. The maximum Gasteiger partial charge on any atom is 0.410 e. The minimum absolute atomic E-state index is 0.0315. The minimum Gasteiger partial charge on any atom is -0.447 e. The van der Waals surface area contributed by atoms with Crippen LogP contribution in [0.1, 0.15) is 30.5 Å². The zero-order valence-corrected chi connectivity index (χ0v) is 10.8. The van der Waals surface area contributed by atoms with E-state index in [9.17, 15) is 4.79 Å². The second-order valence-corrected chi connectivity index (χ2v) is 4.87. The average molecular weight is 249 g/mol. The van der Waals surface area contributed by atoms with Crippen LogP contribution in [0.3, 0.4) is 0 Å². The van der Waals surface area contributed by atoms with Gasteiger partial charge in [0.15, 0.2) is 0 Å². The maximum atomic E-state index is 11.8. The molecule has 1 aliphatic rings. The molecule has 0 radical (unpaired) electrons. The van der Waals surface area contributed by atoms with Crippen LogP contribution >= 0.6 is 0 Å². The molecule has 0 saturated carbocycles. The van der Waals surface area contributed by atoms with E-state index in [1.165, 1.54) is 5.56 Å². The number of rotatable bonds is 2. The van der Waals surface area contributed by atoms with Crippen LogP contribution in [0.4, 0.5) is 4.79 Å². The van der Waals surface area contributed by atoms with E-state index in [-0.39, 0.29) is 18.8 Å². The zero-order chi connectivity index (χ0) is 13.1. The molecule has 0 atom stereocenters. The van der Waals surface area contributed by atoms with Gasteiger partial charge in [-0.25, -0.2) is 4.79 Å². The van der Waals surface area contributed by atoms with Gasteiger partial charge in [0.05, 0.1) is 12.7 Å². The van der Waals surface area contributed by atoms with E-state index >= 15 is 0 Å². The van der Waals surface area contributed by atoms with Crippen LogP contribution in [-0.2, 0) is 24.3 Å². The second-order valence-electron chi connectivity index (χ2n) is 4.87. The predicted octanol–water partition coefficient (Wildman–Crippen LogP) is 2.08. The highest BCUT2D eigenvalue weighted by atomic mass is 16.6. The highest BCUT2D eigenvalue weighted by molar-refractivity contribution is 5.68. The summed E-state index contributed by atoms with van der Waals surface area (Å²) in [5.41, 5.74) is 3.24. The Morgan fingerprint density at radius 3 is 2.89 bits per heavy atom. The van der Waals surface area contributed by atoms with Gasteiger partial charge in [-0.15, -0.1) is 0 Å². The van der Waals surface area contributed by atoms with Crippen molar-refractivity contribution in [1.82, 2.24) is 4.90 Å². The molecular weight excluding hydrogens is 230 g/mol. The molecule has 1 heterocycles. The number of hydrogen-bond donors (Lipinski definition) is 1. The van der Waals surface area contributed by atoms with E-state index < -0.39 is 0 Å². The quantitative estimate of drug-likeness (QED) is 0.873. The number of nitrogens with zero attached hydrogens (tertiary/aromatic N) is 1. The molecule has 0 saturated heterocycles. The van der Waals surface area contributed by atoms with Gasteiger partial charge in [0.25, 0.3) is 0 Å². The molecular formula is C14H19NO3. The van der Waals surface area contributed by atoms with Crippen LogP contribution in [0.5, 0.6) is 0 Å². The van der Waals surface area contributed by atoms with Crippen molar-refractivity contribution >= 4 is 6.09 Å². The Hall–Kier alpha value is -1.55. The van der Waals surface area contributed by atoms with Gasteiger partial charge in [0.1, 0.15) is 0 Å². The molecule has 4 heteroatoms. The molecule has 1 aliphatic heterocycles. The van der Waals surface area contributed by atoms with Crippen molar-refractivity contribution in [3.8, 4) is 0 Å². The molecule has 0 spiro atoms.